The average Bonchev–Trinajstić information content (AvgIpc) is 2.52. The molecule has 0 nitrogen and oxygen atoms in total. The Hall–Kier alpha value is -0.690. The van der Waals surface area contributed by atoms with E-state index in [2.05, 4.69) is 58.5 Å². The molecule has 1 aromatic carbocycles. The molecular weight excluding hydrogens is 272 g/mol. The minimum absolute atomic E-state index is 0.714. The van der Waals surface area contributed by atoms with Crippen molar-refractivity contribution in [1.29, 1.82) is 0 Å². The molecule has 1 rings (SSSR count). The van der Waals surface area contributed by atoms with Crippen LogP contribution in [-0.2, 0) is 0 Å². The van der Waals surface area contributed by atoms with E-state index in [0.717, 1.165) is 0 Å². The number of thioether (sulfide) groups is 1. The first kappa shape index (κ1) is 18.4. The molecule has 0 aliphatic heterocycles. The summed E-state index contributed by atoms with van der Waals surface area (Å²) in [6.07, 6.45) is 7.55. The van der Waals surface area contributed by atoms with Crippen LogP contribution in [0.15, 0.2) is 30.8 Å². The van der Waals surface area contributed by atoms with Crippen LogP contribution in [0.2, 0.25) is 0 Å². The maximum absolute atomic E-state index is 4.29. The zero-order valence-electron chi connectivity index (χ0n) is 14.3. The van der Waals surface area contributed by atoms with Crippen molar-refractivity contribution in [2.24, 2.45) is 0 Å². The first-order chi connectivity index (χ1) is 10.2. The SMILES string of the molecule is C=C(SC(CC)CCC)c1ccc(C(CC)CCC)cc1. The molecular formula is C20H32S. The number of rotatable bonds is 10. The van der Waals surface area contributed by atoms with Crippen LogP contribution in [0.25, 0.3) is 4.91 Å². The van der Waals surface area contributed by atoms with Gasteiger partial charge in [-0.1, -0.05) is 71.4 Å². The van der Waals surface area contributed by atoms with E-state index in [1.54, 1.807) is 0 Å². The van der Waals surface area contributed by atoms with Crippen molar-refractivity contribution in [3.8, 4) is 0 Å². The second-order valence-electron chi connectivity index (χ2n) is 5.88. The van der Waals surface area contributed by atoms with Crippen molar-refractivity contribution in [1.82, 2.24) is 0 Å². The summed E-state index contributed by atoms with van der Waals surface area (Å²) in [7, 11) is 0. The van der Waals surface area contributed by atoms with Crippen LogP contribution in [0, 0.1) is 0 Å². The summed E-state index contributed by atoms with van der Waals surface area (Å²) >= 11 is 1.96. The minimum atomic E-state index is 0.714. The van der Waals surface area contributed by atoms with E-state index >= 15 is 0 Å². The molecule has 0 fully saturated rings. The van der Waals surface area contributed by atoms with Gasteiger partial charge in [0.05, 0.1) is 0 Å². The Morgan fingerprint density at radius 1 is 0.952 bits per heavy atom. The highest BCUT2D eigenvalue weighted by molar-refractivity contribution is 8.08. The molecule has 118 valence electrons. The second-order valence-corrected chi connectivity index (χ2v) is 7.27. The molecule has 0 radical (unpaired) electrons. The molecule has 0 aliphatic rings. The van der Waals surface area contributed by atoms with Gasteiger partial charge in [-0.25, -0.2) is 0 Å². The molecule has 0 bridgehead atoms. The molecule has 0 saturated heterocycles. The summed E-state index contributed by atoms with van der Waals surface area (Å²) in [5.41, 5.74) is 2.78. The van der Waals surface area contributed by atoms with E-state index in [1.165, 1.54) is 54.6 Å². The number of hydrogen-bond acceptors (Lipinski definition) is 1. The van der Waals surface area contributed by atoms with Crippen molar-refractivity contribution in [3.05, 3.63) is 42.0 Å². The first-order valence-electron chi connectivity index (χ1n) is 8.61. The van der Waals surface area contributed by atoms with Crippen LogP contribution < -0.4 is 0 Å². The smallest absolute Gasteiger partial charge is 0.00916 e. The van der Waals surface area contributed by atoms with Crippen LogP contribution in [0.1, 0.15) is 83.3 Å². The normalized spacial score (nSPS) is 13.9. The van der Waals surface area contributed by atoms with Crippen molar-refractivity contribution in [2.75, 3.05) is 0 Å². The summed E-state index contributed by atoms with van der Waals surface area (Å²) in [5, 5.41) is 0.714. The zero-order valence-corrected chi connectivity index (χ0v) is 15.1. The highest BCUT2D eigenvalue weighted by Crippen LogP contribution is 2.34. The lowest BCUT2D eigenvalue weighted by atomic mass is 9.91. The fourth-order valence-electron chi connectivity index (χ4n) is 2.83. The van der Waals surface area contributed by atoms with E-state index in [4.69, 9.17) is 0 Å². The Morgan fingerprint density at radius 3 is 2.05 bits per heavy atom. The Balaban J connectivity index is 2.70. The van der Waals surface area contributed by atoms with Gasteiger partial charge in [0.15, 0.2) is 0 Å². The van der Waals surface area contributed by atoms with Crippen LogP contribution in [0.5, 0.6) is 0 Å². The predicted molar refractivity (Wildman–Crippen MR) is 100.0 cm³/mol. The molecule has 0 amide bonds. The largest absolute Gasteiger partial charge is 0.123 e. The van der Waals surface area contributed by atoms with E-state index in [-0.39, 0.29) is 0 Å². The van der Waals surface area contributed by atoms with E-state index < -0.39 is 0 Å². The van der Waals surface area contributed by atoms with Gasteiger partial charge < -0.3 is 0 Å². The van der Waals surface area contributed by atoms with Gasteiger partial charge >= 0.3 is 0 Å². The van der Waals surface area contributed by atoms with E-state index in [9.17, 15) is 0 Å². The van der Waals surface area contributed by atoms with Gasteiger partial charge in [0, 0.05) is 10.2 Å². The summed E-state index contributed by atoms with van der Waals surface area (Å²) in [5.74, 6) is 0.716. The summed E-state index contributed by atoms with van der Waals surface area (Å²) in [6.45, 7) is 13.4. The van der Waals surface area contributed by atoms with Crippen LogP contribution in [0.3, 0.4) is 0 Å². The zero-order chi connectivity index (χ0) is 15.7. The standard InChI is InChI=1S/C20H32S/c1-6-10-17(8-3)19-14-12-18(13-15-19)16(5)21-20(9-4)11-7-2/h12-15,17,20H,5-11H2,1-4H3. The fraction of sp³-hybridized carbons (Fsp3) is 0.600. The van der Waals surface area contributed by atoms with Gasteiger partial charge in [0.1, 0.15) is 0 Å². The molecule has 0 aliphatic carbocycles. The van der Waals surface area contributed by atoms with Crippen molar-refractivity contribution >= 4 is 16.7 Å². The summed E-state index contributed by atoms with van der Waals surface area (Å²) in [4.78, 5) is 1.23. The third-order valence-electron chi connectivity index (χ3n) is 4.21. The van der Waals surface area contributed by atoms with Crippen molar-refractivity contribution < 1.29 is 0 Å². The Labute approximate surface area is 136 Å². The molecule has 1 heteroatoms. The Bertz CT molecular complexity index is 404. The maximum atomic E-state index is 4.29. The highest BCUT2D eigenvalue weighted by atomic mass is 32.2. The fourth-order valence-corrected chi connectivity index (χ4v) is 4.03. The summed E-state index contributed by atoms with van der Waals surface area (Å²) in [6, 6.07) is 9.15. The van der Waals surface area contributed by atoms with E-state index in [0.29, 0.717) is 11.2 Å². The topological polar surface area (TPSA) is 0 Å². The van der Waals surface area contributed by atoms with Gasteiger partial charge in [-0.2, -0.15) is 0 Å². The molecule has 2 unspecified atom stereocenters. The third kappa shape index (κ3) is 5.90. The molecule has 0 aromatic heterocycles. The van der Waals surface area contributed by atoms with Crippen molar-refractivity contribution in [3.63, 3.8) is 0 Å². The quantitative estimate of drug-likeness (QED) is 0.438. The first-order valence-corrected chi connectivity index (χ1v) is 9.49. The molecule has 1 aromatic rings. The molecule has 0 heterocycles. The monoisotopic (exact) mass is 304 g/mol. The number of benzene rings is 1. The summed E-state index contributed by atoms with van der Waals surface area (Å²) < 4.78 is 0. The predicted octanol–water partition coefficient (Wildman–Crippen LogP) is 7.26. The second kappa shape index (κ2) is 10.1. The average molecular weight is 305 g/mol. The van der Waals surface area contributed by atoms with Gasteiger partial charge in [0.25, 0.3) is 0 Å². The Morgan fingerprint density at radius 2 is 1.57 bits per heavy atom. The van der Waals surface area contributed by atoms with Crippen LogP contribution >= 0.6 is 11.8 Å². The lowest BCUT2D eigenvalue weighted by molar-refractivity contribution is 0.596. The Kier molecular flexibility index (Phi) is 8.84. The van der Waals surface area contributed by atoms with Crippen LogP contribution in [-0.4, -0.2) is 5.25 Å². The van der Waals surface area contributed by atoms with Gasteiger partial charge in [-0.15, -0.1) is 11.8 Å². The van der Waals surface area contributed by atoms with Crippen molar-refractivity contribution in [2.45, 2.75) is 77.4 Å². The molecule has 21 heavy (non-hydrogen) atoms. The van der Waals surface area contributed by atoms with Crippen LogP contribution in [0.4, 0.5) is 0 Å². The van der Waals surface area contributed by atoms with Gasteiger partial charge in [-0.05, 0) is 42.7 Å². The van der Waals surface area contributed by atoms with E-state index in [1.807, 2.05) is 11.8 Å². The third-order valence-corrected chi connectivity index (χ3v) is 5.63. The highest BCUT2D eigenvalue weighted by Gasteiger charge is 2.11. The van der Waals surface area contributed by atoms with Gasteiger partial charge in [0.2, 0.25) is 0 Å². The maximum Gasteiger partial charge on any atom is 0.00916 e. The molecule has 0 spiro atoms. The minimum Gasteiger partial charge on any atom is -0.123 e. The lowest BCUT2D eigenvalue weighted by Crippen LogP contribution is -2.00. The molecule has 0 N–H and O–H groups in total. The number of hydrogen-bond donors (Lipinski definition) is 0. The lowest BCUT2D eigenvalue weighted by Gasteiger charge is -2.17. The molecule has 0 saturated carbocycles. The molecule has 2 atom stereocenters. The van der Waals surface area contributed by atoms with Gasteiger partial charge in [-0.3, -0.25) is 0 Å².